The third kappa shape index (κ3) is 7.20. The van der Waals surface area contributed by atoms with Crippen LogP contribution in [0.2, 0.25) is 0 Å². The number of aromatic carboxylic acids is 1. The number of hydrogen-bond donors (Lipinski definition) is 1. The van der Waals surface area contributed by atoms with Crippen molar-refractivity contribution < 1.29 is 9.90 Å². The van der Waals surface area contributed by atoms with Crippen LogP contribution in [-0.4, -0.2) is 11.1 Å². The average molecular weight is 319 g/mol. The molecule has 1 aromatic carbocycles. The molecule has 2 heteroatoms. The third-order valence-electron chi connectivity index (χ3n) is 4.93. The first kappa shape index (κ1) is 19.7. The molecular formula is C21H34O2. The maximum Gasteiger partial charge on any atom is 0.335 e. The molecule has 1 rings (SSSR count). The second-order valence-electron chi connectivity index (χ2n) is 6.76. The Morgan fingerprint density at radius 2 is 1.35 bits per heavy atom. The summed E-state index contributed by atoms with van der Waals surface area (Å²) in [6.07, 6.45) is 14.6. The topological polar surface area (TPSA) is 37.3 Å². The summed E-state index contributed by atoms with van der Waals surface area (Å²) in [6, 6.07) is 3.76. The van der Waals surface area contributed by atoms with Gasteiger partial charge in [-0.05, 0) is 49.4 Å². The van der Waals surface area contributed by atoms with E-state index >= 15 is 0 Å². The summed E-state index contributed by atoms with van der Waals surface area (Å²) in [5.41, 5.74) is 3.82. The summed E-state index contributed by atoms with van der Waals surface area (Å²) >= 11 is 0. The van der Waals surface area contributed by atoms with Gasteiger partial charge in [0.15, 0.2) is 0 Å². The predicted octanol–water partition coefficient (Wildman–Crippen LogP) is 6.47. The van der Waals surface area contributed by atoms with E-state index in [1.54, 1.807) is 6.07 Å². The predicted molar refractivity (Wildman–Crippen MR) is 98.4 cm³/mol. The van der Waals surface area contributed by atoms with Crippen molar-refractivity contribution in [1.29, 1.82) is 0 Å². The van der Waals surface area contributed by atoms with E-state index in [2.05, 4.69) is 6.92 Å². The Morgan fingerprint density at radius 1 is 0.826 bits per heavy atom. The minimum Gasteiger partial charge on any atom is -0.478 e. The molecule has 0 radical (unpaired) electrons. The van der Waals surface area contributed by atoms with Gasteiger partial charge >= 0.3 is 5.97 Å². The molecule has 1 aromatic rings. The molecule has 0 aliphatic rings. The summed E-state index contributed by atoms with van der Waals surface area (Å²) in [5, 5.41) is 9.15. The third-order valence-corrected chi connectivity index (χ3v) is 4.93. The maximum absolute atomic E-state index is 11.1. The van der Waals surface area contributed by atoms with E-state index in [-0.39, 0.29) is 0 Å². The number of carboxylic acids is 1. The lowest BCUT2D eigenvalue weighted by Crippen LogP contribution is -2.03. The van der Waals surface area contributed by atoms with E-state index in [9.17, 15) is 4.79 Å². The first-order valence-electron chi connectivity index (χ1n) is 9.40. The Morgan fingerprint density at radius 3 is 1.87 bits per heavy atom. The molecule has 0 aliphatic carbocycles. The van der Waals surface area contributed by atoms with Crippen molar-refractivity contribution >= 4 is 5.97 Å². The lowest BCUT2D eigenvalue weighted by Gasteiger charge is -2.11. The fourth-order valence-electron chi connectivity index (χ4n) is 3.18. The van der Waals surface area contributed by atoms with Crippen LogP contribution in [0.25, 0.3) is 0 Å². The lowest BCUT2D eigenvalue weighted by molar-refractivity contribution is 0.0696. The smallest absolute Gasteiger partial charge is 0.335 e. The Hall–Kier alpha value is -1.31. The van der Waals surface area contributed by atoms with Gasteiger partial charge in [0, 0.05) is 0 Å². The van der Waals surface area contributed by atoms with Crippen LogP contribution in [-0.2, 0) is 6.42 Å². The molecule has 0 unspecified atom stereocenters. The molecule has 0 atom stereocenters. The summed E-state index contributed by atoms with van der Waals surface area (Å²) in [6.45, 7) is 6.23. The number of benzene rings is 1. The molecule has 0 aliphatic heterocycles. The van der Waals surface area contributed by atoms with Crippen LogP contribution in [0.1, 0.15) is 98.2 Å². The van der Waals surface area contributed by atoms with Crippen LogP contribution >= 0.6 is 0 Å². The Labute approximate surface area is 142 Å². The fraction of sp³-hybridized carbons (Fsp3) is 0.667. The largest absolute Gasteiger partial charge is 0.478 e. The van der Waals surface area contributed by atoms with Gasteiger partial charge in [0.25, 0.3) is 0 Å². The molecule has 0 fully saturated rings. The number of aryl methyl sites for hydroxylation is 1. The summed E-state index contributed by atoms with van der Waals surface area (Å²) in [5.74, 6) is -0.823. The van der Waals surface area contributed by atoms with Gasteiger partial charge in [0.2, 0.25) is 0 Å². The minimum atomic E-state index is -0.823. The Bertz CT molecular complexity index is 477. The number of rotatable bonds is 12. The average Bonchev–Trinajstić information content (AvgIpc) is 2.52. The van der Waals surface area contributed by atoms with Gasteiger partial charge in [-0.2, -0.15) is 0 Å². The van der Waals surface area contributed by atoms with E-state index in [0.717, 1.165) is 17.5 Å². The zero-order valence-electron chi connectivity index (χ0n) is 15.3. The molecule has 0 spiro atoms. The molecule has 0 aromatic heterocycles. The van der Waals surface area contributed by atoms with Crippen molar-refractivity contribution in [3.8, 4) is 0 Å². The number of unbranched alkanes of at least 4 members (excludes halogenated alkanes) is 9. The van der Waals surface area contributed by atoms with Gasteiger partial charge in [-0.3, -0.25) is 0 Å². The second kappa shape index (κ2) is 11.3. The minimum absolute atomic E-state index is 0.439. The first-order chi connectivity index (χ1) is 11.1. The molecule has 0 amide bonds. The molecule has 2 nitrogen and oxygen atoms in total. The molecule has 0 saturated heterocycles. The zero-order valence-corrected chi connectivity index (χ0v) is 15.3. The van der Waals surface area contributed by atoms with Gasteiger partial charge in [-0.25, -0.2) is 4.79 Å². The van der Waals surface area contributed by atoms with Crippen LogP contribution in [0.4, 0.5) is 0 Å². The van der Waals surface area contributed by atoms with Gasteiger partial charge in [-0.15, -0.1) is 0 Å². The van der Waals surface area contributed by atoms with E-state index in [4.69, 9.17) is 5.11 Å². The van der Waals surface area contributed by atoms with Crippen LogP contribution < -0.4 is 0 Å². The zero-order chi connectivity index (χ0) is 17.1. The van der Waals surface area contributed by atoms with Gasteiger partial charge in [0.1, 0.15) is 0 Å². The molecule has 0 bridgehead atoms. The highest BCUT2D eigenvalue weighted by Crippen LogP contribution is 2.20. The normalized spacial score (nSPS) is 10.9. The van der Waals surface area contributed by atoms with Gasteiger partial charge < -0.3 is 5.11 Å². The molecule has 0 heterocycles. The monoisotopic (exact) mass is 318 g/mol. The maximum atomic E-state index is 11.1. The molecular weight excluding hydrogens is 284 g/mol. The standard InChI is InChI=1S/C21H34O2/c1-4-5-6-7-8-9-10-11-12-13-14-19-15-16-20(21(22)23)18(3)17(19)2/h15-16H,4-14H2,1-3H3,(H,22,23). The summed E-state index contributed by atoms with van der Waals surface area (Å²) in [4.78, 5) is 11.1. The van der Waals surface area contributed by atoms with Crippen LogP contribution in [0, 0.1) is 13.8 Å². The molecule has 130 valence electrons. The molecule has 23 heavy (non-hydrogen) atoms. The number of carbonyl (C=O) groups is 1. The first-order valence-corrected chi connectivity index (χ1v) is 9.40. The lowest BCUT2D eigenvalue weighted by atomic mass is 9.94. The van der Waals surface area contributed by atoms with Crippen LogP contribution in [0.15, 0.2) is 12.1 Å². The van der Waals surface area contributed by atoms with Crippen molar-refractivity contribution in [3.05, 3.63) is 34.4 Å². The van der Waals surface area contributed by atoms with E-state index in [1.165, 1.54) is 69.8 Å². The quantitative estimate of drug-likeness (QED) is 0.449. The highest BCUT2D eigenvalue weighted by molar-refractivity contribution is 5.89. The Balaban J connectivity index is 2.19. The SMILES string of the molecule is CCCCCCCCCCCCc1ccc(C(=O)O)c(C)c1C. The highest BCUT2D eigenvalue weighted by atomic mass is 16.4. The number of carboxylic acid groups (broad SMARTS) is 1. The van der Waals surface area contributed by atoms with Crippen LogP contribution in [0.3, 0.4) is 0 Å². The summed E-state index contributed by atoms with van der Waals surface area (Å²) in [7, 11) is 0. The van der Waals surface area contributed by atoms with E-state index in [0.29, 0.717) is 5.56 Å². The summed E-state index contributed by atoms with van der Waals surface area (Å²) < 4.78 is 0. The number of hydrogen-bond acceptors (Lipinski definition) is 1. The van der Waals surface area contributed by atoms with Crippen LogP contribution in [0.5, 0.6) is 0 Å². The van der Waals surface area contributed by atoms with Crippen molar-refractivity contribution in [2.45, 2.75) is 91.4 Å². The van der Waals surface area contributed by atoms with E-state index < -0.39 is 5.97 Å². The van der Waals surface area contributed by atoms with Crippen molar-refractivity contribution in [2.24, 2.45) is 0 Å². The van der Waals surface area contributed by atoms with Gasteiger partial charge in [-0.1, -0.05) is 70.8 Å². The van der Waals surface area contributed by atoms with Crippen molar-refractivity contribution in [2.75, 3.05) is 0 Å². The Kier molecular flexibility index (Phi) is 9.66. The molecule has 0 saturated carbocycles. The highest BCUT2D eigenvalue weighted by Gasteiger charge is 2.11. The van der Waals surface area contributed by atoms with Crippen molar-refractivity contribution in [1.82, 2.24) is 0 Å². The fourth-order valence-corrected chi connectivity index (χ4v) is 3.18. The second-order valence-corrected chi connectivity index (χ2v) is 6.76. The van der Waals surface area contributed by atoms with Gasteiger partial charge in [0.05, 0.1) is 5.56 Å². The van der Waals surface area contributed by atoms with E-state index in [1.807, 2.05) is 19.9 Å². The van der Waals surface area contributed by atoms with Crippen molar-refractivity contribution in [3.63, 3.8) is 0 Å². The molecule has 1 N–H and O–H groups in total.